The highest BCUT2D eigenvalue weighted by Gasteiger charge is 2.03. The lowest BCUT2D eigenvalue weighted by Gasteiger charge is -2.11. The Balaban J connectivity index is 2.96. The maximum atomic E-state index is 5.86. The van der Waals surface area contributed by atoms with Crippen LogP contribution in [0.4, 0.5) is 5.69 Å². The Morgan fingerprint density at radius 2 is 2.17 bits per heavy atom. The minimum atomic E-state index is 0.308. The summed E-state index contributed by atoms with van der Waals surface area (Å²) in [5.41, 5.74) is 7.36. The third-order valence-corrected chi connectivity index (χ3v) is 2.28. The smallest absolute Gasteiger partial charge is 0.0638 e. The van der Waals surface area contributed by atoms with Gasteiger partial charge in [-0.2, -0.15) is 0 Å². The van der Waals surface area contributed by atoms with Crippen LogP contribution in [0.5, 0.6) is 0 Å². The summed E-state index contributed by atoms with van der Waals surface area (Å²) < 4.78 is 0. The van der Waals surface area contributed by atoms with Crippen molar-refractivity contribution in [3.63, 3.8) is 0 Å². The van der Waals surface area contributed by atoms with E-state index in [2.05, 4.69) is 12.2 Å². The van der Waals surface area contributed by atoms with Gasteiger partial charge in [-0.1, -0.05) is 17.7 Å². The second kappa shape index (κ2) is 3.78. The Hall–Kier alpha value is -0.730. The van der Waals surface area contributed by atoms with E-state index in [1.807, 2.05) is 25.2 Å². The zero-order valence-corrected chi connectivity index (χ0v) is 8.02. The lowest BCUT2D eigenvalue weighted by Crippen LogP contribution is -2.12. The Morgan fingerprint density at radius 1 is 1.50 bits per heavy atom. The average molecular weight is 185 g/mol. The van der Waals surface area contributed by atoms with Gasteiger partial charge in [-0.15, -0.1) is 0 Å². The van der Waals surface area contributed by atoms with Gasteiger partial charge in [-0.05, 0) is 31.7 Å². The molecule has 0 aliphatic rings. The molecule has 2 nitrogen and oxygen atoms in total. The van der Waals surface area contributed by atoms with Gasteiger partial charge in [0.2, 0.25) is 0 Å². The average Bonchev–Trinajstić information content (AvgIpc) is 2.08. The van der Waals surface area contributed by atoms with Crippen molar-refractivity contribution >= 4 is 17.3 Å². The molecule has 3 N–H and O–H groups in total. The molecular formula is C9H13ClN2. The number of hydrogen-bond acceptors (Lipinski definition) is 2. The van der Waals surface area contributed by atoms with Crippen LogP contribution in [0.1, 0.15) is 18.5 Å². The molecule has 0 radical (unpaired) electrons. The standard InChI is InChI=1S/C9H13ClN2/c1-6(12-2)7-3-4-9(11)8(10)5-7/h3-6,12H,11H2,1-2H3. The Kier molecular flexibility index (Phi) is 2.95. The van der Waals surface area contributed by atoms with Gasteiger partial charge in [0.25, 0.3) is 0 Å². The molecule has 66 valence electrons. The van der Waals surface area contributed by atoms with Crippen LogP contribution in [-0.4, -0.2) is 7.05 Å². The highest BCUT2D eigenvalue weighted by atomic mass is 35.5. The van der Waals surface area contributed by atoms with E-state index in [1.54, 1.807) is 0 Å². The number of halogens is 1. The molecule has 0 spiro atoms. The normalized spacial score (nSPS) is 12.9. The lowest BCUT2D eigenvalue weighted by atomic mass is 10.1. The van der Waals surface area contributed by atoms with Crippen LogP contribution >= 0.6 is 11.6 Å². The van der Waals surface area contributed by atoms with Crippen molar-refractivity contribution in [2.45, 2.75) is 13.0 Å². The van der Waals surface area contributed by atoms with E-state index in [4.69, 9.17) is 17.3 Å². The minimum absolute atomic E-state index is 0.308. The van der Waals surface area contributed by atoms with Gasteiger partial charge in [0.15, 0.2) is 0 Å². The van der Waals surface area contributed by atoms with Crippen molar-refractivity contribution < 1.29 is 0 Å². The zero-order valence-electron chi connectivity index (χ0n) is 7.26. The third-order valence-electron chi connectivity index (χ3n) is 1.96. The predicted molar refractivity (Wildman–Crippen MR) is 53.3 cm³/mol. The summed E-state index contributed by atoms with van der Waals surface area (Å²) in [6.07, 6.45) is 0. The molecule has 0 bridgehead atoms. The molecule has 3 heteroatoms. The first-order valence-electron chi connectivity index (χ1n) is 3.87. The number of benzene rings is 1. The fourth-order valence-electron chi connectivity index (χ4n) is 0.979. The van der Waals surface area contributed by atoms with E-state index in [0.29, 0.717) is 16.8 Å². The van der Waals surface area contributed by atoms with Crippen LogP contribution in [0.25, 0.3) is 0 Å². The molecule has 1 rings (SSSR count). The number of anilines is 1. The number of hydrogen-bond donors (Lipinski definition) is 2. The SMILES string of the molecule is CNC(C)c1ccc(N)c(Cl)c1. The summed E-state index contributed by atoms with van der Waals surface area (Å²) in [5.74, 6) is 0. The van der Waals surface area contributed by atoms with Gasteiger partial charge in [0, 0.05) is 6.04 Å². The van der Waals surface area contributed by atoms with Gasteiger partial charge < -0.3 is 11.1 Å². The van der Waals surface area contributed by atoms with Crippen LogP contribution in [-0.2, 0) is 0 Å². The zero-order chi connectivity index (χ0) is 9.14. The molecule has 1 aromatic carbocycles. The first kappa shape index (κ1) is 9.36. The van der Waals surface area contributed by atoms with Crippen molar-refractivity contribution in [2.75, 3.05) is 12.8 Å². The third kappa shape index (κ3) is 1.90. The molecule has 0 saturated heterocycles. The molecule has 0 saturated carbocycles. The van der Waals surface area contributed by atoms with Crippen molar-refractivity contribution in [3.05, 3.63) is 28.8 Å². The Morgan fingerprint density at radius 3 is 2.67 bits per heavy atom. The molecule has 1 atom stereocenters. The van der Waals surface area contributed by atoms with E-state index >= 15 is 0 Å². The van der Waals surface area contributed by atoms with Gasteiger partial charge in [0.05, 0.1) is 10.7 Å². The fourth-order valence-corrected chi connectivity index (χ4v) is 1.17. The second-order valence-electron chi connectivity index (χ2n) is 2.79. The molecule has 0 heterocycles. The van der Waals surface area contributed by atoms with Gasteiger partial charge in [0.1, 0.15) is 0 Å². The van der Waals surface area contributed by atoms with E-state index in [1.165, 1.54) is 0 Å². The first-order valence-corrected chi connectivity index (χ1v) is 4.25. The van der Waals surface area contributed by atoms with Gasteiger partial charge in [-0.3, -0.25) is 0 Å². The van der Waals surface area contributed by atoms with E-state index < -0.39 is 0 Å². The van der Waals surface area contributed by atoms with Crippen LogP contribution in [0.2, 0.25) is 5.02 Å². The Bertz CT molecular complexity index is 273. The van der Waals surface area contributed by atoms with Crippen molar-refractivity contribution in [1.82, 2.24) is 5.32 Å². The second-order valence-corrected chi connectivity index (χ2v) is 3.20. The first-order chi connectivity index (χ1) is 5.65. The number of rotatable bonds is 2. The quantitative estimate of drug-likeness (QED) is 0.692. The number of nitrogens with two attached hydrogens (primary N) is 1. The van der Waals surface area contributed by atoms with Crippen LogP contribution in [0.3, 0.4) is 0 Å². The van der Waals surface area contributed by atoms with Crippen molar-refractivity contribution in [2.24, 2.45) is 0 Å². The molecule has 0 fully saturated rings. The van der Waals surface area contributed by atoms with Crippen LogP contribution in [0, 0.1) is 0 Å². The van der Waals surface area contributed by atoms with Crippen LogP contribution < -0.4 is 11.1 Å². The summed E-state index contributed by atoms with van der Waals surface area (Å²) in [7, 11) is 1.91. The minimum Gasteiger partial charge on any atom is -0.398 e. The van der Waals surface area contributed by atoms with E-state index in [-0.39, 0.29) is 0 Å². The predicted octanol–water partition coefficient (Wildman–Crippen LogP) is 2.20. The topological polar surface area (TPSA) is 38.0 Å². The Labute approximate surface area is 77.7 Å². The van der Waals surface area contributed by atoms with E-state index in [9.17, 15) is 0 Å². The molecule has 0 amide bonds. The van der Waals surface area contributed by atoms with Crippen molar-refractivity contribution in [3.8, 4) is 0 Å². The van der Waals surface area contributed by atoms with Gasteiger partial charge >= 0.3 is 0 Å². The molecule has 1 unspecified atom stereocenters. The highest BCUT2D eigenvalue weighted by molar-refractivity contribution is 6.33. The molecule has 12 heavy (non-hydrogen) atoms. The van der Waals surface area contributed by atoms with Crippen molar-refractivity contribution in [1.29, 1.82) is 0 Å². The molecule has 0 aromatic heterocycles. The number of nitrogens with one attached hydrogen (secondary N) is 1. The largest absolute Gasteiger partial charge is 0.398 e. The van der Waals surface area contributed by atoms with Gasteiger partial charge in [-0.25, -0.2) is 0 Å². The fraction of sp³-hybridized carbons (Fsp3) is 0.333. The summed E-state index contributed by atoms with van der Waals surface area (Å²) in [6.45, 7) is 2.07. The van der Waals surface area contributed by atoms with Crippen LogP contribution in [0.15, 0.2) is 18.2 Å². The summed E-state index contributed by atoms with van der Waals surface area (Å²) in [4.78, 5) is 0. The number of nitrogen functional groups attached to an aromatic ring is 1. The molecule has 0 aliphatic carbocycles. The molecule has 1 aromatic rings. The van der Waals surface area contributed by atoms with E-state index in [0.717, 1.165) is 5.56 Å². The molecular weight excluding hydrogens is 172 g/mol. The monoisotopic (exact) mass is 184 g/mol. The molecule has 0 aliphatic heterocycles. The summed E-state index contributed by atoms with van der Waals surface area (Å²) in [5, 5.41) is 3.75. The summed E-state index contributed by atoms with van der Waals surface area (Å²) in [6, 6.07) is 5.99. The highest BCUT2D eigenvalue weighted by Crippen LogP contribution is 2.22. The maximum absolute atomic E-state index is 5.86. The summed E-state index contributed by atoms with van der Waals surface area (Å²) >= 11 is 5.86. The maximum Gasteiger partial charge on any atom is 0.0638 e. The lowest BCUT2D eigenvalue weighted by molar-refractivity contribution is 0.652.